The van der Waals surface area contributed by atoms with Gasteiger partial charge < -0.3 is 4.90 Å². The van der Waals surface area contributed by atoms with Crippen LogP contribution in [0, 0.1) is 0 Å². The highest BCUT2D eigenvalue weighted by atomic mass is 19.4. The summed E-state index contributed by atoms with van der Waals surface area (Å²) >= 11 is 0. The molecule has 0 saturated heterocycles. The van der Waals surface area contributed by atoms with Gasteiger partial charge >= 0.3 is 6.18 Å². The number of carbonyl (C=O) groups excluding carboxylic acids is 1. The molecule has 0 saturated carbocycles. The van der Waals surface area contributed by atoms with Crippen LogP contribution in [0.15, 0.2) is 48.2 Å². The fraction of sp³-hybridized carbons (Fsp3) is 0.250. The van der Waals surface area contributed by atoms with Crippen LogP contribution in [0.3, 0.4) is 0 Å². The topological polar surface area (TPSA) is 49.0 Å². The zero-order valence-corrected chi connectivity index (χ0v) is 12.7. The summed E-state index contributed by atoms with van der Waals surface area (Å²) in [7, 11) is 0. The van der Waals surface area contributed by atoms with Crippen LogP contribution in [-0.2, 0) is 12.7 Å². The molecule has 1 aromatic heterocycles. The molecule has 0 fully saturated rings. The number of carbonyl (C=O) groups is 1. The second-order valence-electron chi connectivity index (χ2n) is 4.97. The van der Waals surface area contributed by atoms with Crippen LogP contribution in [0.5, 0.6) is 0 Å². The van der Waals surface area contributed by atoms with Crippen molar-refractivity contribution in [3.63, 3.8) is 0 Å². The molecule has 0 spiro atoms. The van der Waals surface area contributed by atoms with E-state index in [0.717, 1.165) is 11.6 Å². The summed E-state index contributed by atoms with van der Waals surface area (Å²) in [5.41, 5.74) is 0.192. The number of hydrogen-bond acceptors (Lipinski definition) is 2. The van der Waals surface area contributed by atoms with Gasteiger partial charge in [0.05, 0.1) is 6.54 Å². The van der Waals surface area contributed by atoms with E-state index in [0.29, 0.717) is 5.70 Å². The minimum atomic E-state index is -4.56. The Morgan fingerprint density at radius 2 is 1.96 bits per heavy atom. The lowest BCUT2D eigenvalue weighted by Crippen LogP contribution is -2.29. The van der Waals surface area contributed by atoms with Crippen LogP contribution >= 0.6 is 0 Å². The van der Waals surface area contributed by atoms with E-state index in [1.54, 1.807) is 19.9 Å². The fourth-order valence-electron chi connectivity index (χ4n) is 1.99. The van der Waals surface area contributed by atoms with Crippen molar-refractivity contribution < 1.29 is 18.0 Å². The lowest BCUT2D eigenvalue weighted by molar-refractivity contribution is -0.141. The normalized spacial score (nSPS) is 12.3. The van der Waals surface area contributed by atoms with Crippen LogP contribution in [0.25, 0.3) is 0 Å². The lowest BCUT2D eigenvalue weighted by atomic mass is 10.2. The van der Waals surface area contributed by atoms with Crippen molar-refractivity contribution in [3.05, 3.63) is 65.1 Å². The van der Waals surface area contributed by atoms with Gasteiger partial charge in [0.15, 0.2) is 5.69 Å². The van der Waals surface area contributed by atoms with E-state index >= 15 is 0 Å². The minimum Gasteiger partial charge on any atom is -0.307 e. The average molecular weight is 323 g/mol. The smallest absolute Gasteiger partial charge is 0.307 e. The third-order valence-electron chi connectivity index (χ3n) is 3.37. The van der Waals surface area contributed by atoms with E-state index in [1.165, 1.54) is 4.90 Å². The molecule has 0 unspecified atom stereocenters. The molecule has 122 valence electrons. The Hall–Kier alpha value is -2.57. The maximum atomic E-state index is 12.6. The van der Waals surface area contributed by atoms with Gasteiger partial charge in [-0.1, -0.05) is 36.4 Å². The van der Waals surface area contributed by atoms with Crippen molar-refractivity contribution in [3.8, 4) is 0 Å². The number of H-pyrrole nitrogens is 1. The summed E-state index contributed by atoms with van der Waals surface area (Å²) in [6.45, 7) is 3.73. The first-order valence-electron chi connectivity index (χ1n) is 6.94. The highest BCUT2D eigenvalue weighted by molar-refractivity contribution is 5.93. The van der Waals surface area contributed by atoms with E-state index in [9.17, 15) is 18.0 Å². The number of nitrogens with zero attached hydrogens (tertiary/aromatic N) is 2. The van der Waals surface area contributed by atoms with E-state index in [-0.39, 0.29) is 12.2 Å². The van der Waals surface area contributed by atoms with Gasteiger partial charge in [-0.05, 0) is 19.4 Å². The third-order valence-corrected chi connectivity index (χ3v) is 3.37. The Bertz CT molecular complexity index is 705. The molecule has 4 nitrogen and oxygen atoms in total. The second-order valence-corrected chi connectivity index (χ2v) is 4.97. The number of halogens is 3. The molecule has 23 heavy (non-hydrogen) atoms. The van der Waals surface area contributed by atoms with Gasteiger partial charge in [0, 0.05) is 11.8 Å². The first kappa shape index (κ1) is 16.8. The van der Waals surface area contributed by atoms with Crippen molar-refractivity contribution in [1.82, 2.24) is 15.1 Å². The first-order valence-corrected chi connectivity index (χ1v) is 6.94. The van der Waals surface area contributed by atoms with E-state index in [2.05, 4.69) is 5.10 Å². The summed E-state index contributed by atoms with van der Waals surface area (Å²) in [5.74, 6) is -0.587. The third kappa shape index (κ3) is 4.00. The summed E-state index contributed by atoms with van der Waals surface area (Å²) in [5, 5.41) is 5.36. The van der Waals surface area contributed by atoms with Gasteiger partial charge in [-0.25, -0.2) is 0 Å². The summed E-state index contributed by atoms with van der Waals surface area (Å²) in [4.78, 5) is 13.9. The molecule has 2 aromatic rings. The Morgan fingerprint density at radius 3 is 2.48 bits per heavy atom. The fourth-order valence-corrected chi connectivity index (χ4v) is 1.99. The summed E-state index contributed by atoms with van der Waals surface area (Å²) in [6, 6.07) is 9.92. The number of aromatic nitrogens is 2. The molecule has 1 heterocycles. The van der Waals surface area contributed by atoms with Gasteiger partial charge in [0.2, 0.25) is 0 Å². The zero-order valence-electron chi connectivity index (χ0n) is 12.7. The molecule has 0 bridgehead atoms. The van der Waals surface area contributed by atoms with Gasteiger partial charge in [0.1, 0.15) is 5.69 Å². The summed E-state index contributed by atoms with van der Waals surface area (Å²) < 4.78 is 37.9. The van der Waals surface area contributed by atoms with Gasteiger partial charge in [-0.3, -0.25) is 9.89 Å². The molecule has 1 aromatic carbocycles. The number of hydrogen-bond donors (Lipinski definition) is 1. The van der Waals surface area contributed by atoms with E-state index in [4.69, 9.17) is 0 Å². The highest BCUT2D eigenvalue weighted by Gasteiger charge is 2.34. The summed E-state index contributed by atoms with van der Waals surface area (Å²) in [6.07, 6.45) is -2.84. The van der Waals surface area contributed by atoms with Crippen molar-refractivity contribution >= 4 is 5.91 Å². The number of nitrogens with one attached hydrogen (secondary N) is 1. The largest absolute Gasteiger partial charge is 0.432 e. The monoisotopic (exact) mass is 323 g/mol. The quantitative estimate of drug-likeness (QED) is 0.925. The van der Waals surface area contributed by atoms with Gasteiger partial charge in [-0.15, -0.1) is 0 Å². The number of allylic oxidation sites excluding steroid dienone is 2. The standard InChI is InChI=1S/C16H16F3N3O/c1-3-11(2)22(10-12-7-5-4-6-8-12)15(23)13-9-14(21-20-13)16(17,18)19/h3-9H,10H2,1-2H3,(H,20,21)/b11-3-. The Morgan fingerprint density at radius 1 is 1.30 bits per heavy atom. The predicted molar refractivity (Wildman–Crippen MR) is 79.3 cm³/mol. The molecule has 1 amide bonds. The number of aromatic amines is 1. The van der Waals surface area contributed by atoms with Crippen LogP contribution in [0.4, 0.5) is 13.2 Å². The maximum absolute atomic E-state index is 12.6. The number of benzene rings is 1. The number of alkyl halides is 3. The predicted octanol–water partition coefficient (Wildman–Crippen LogP) is 3.99. The van der Waals surface area contributed by atoms with Gasteiger partial charge in [-0.2, -0.15) is 18.3 Å². The van der Waals surface area contributed by atoms with Crippen LogP contribution < -0.4 is 0 Å². The molecular weight excluding hydrogens is 307 g/mol. The Labute approximate surface area is 131 Å². The number of amides is 1. The average Bonchev–Trinajstić information content (AvgIpc) is 3.02. The van der Waals surface area contributed by atoms with Gasteiger partial charge in [0.25, 0.3) is 5.91 Å². The maximum Gasteiger partial charge on any atom is 0.432 e. The van der Waals surface area contributed by atoms with Crippen molar-refractivity contribution in [2.24, 2.45) is 0 Å². The molecule has 0 atom stereocenters. The first-order chi connectivity index (χ1) is 10.8. The molecule has 0 aliphatic heterocycles. The molecular formula is C16H16F3N3O. The van der Waals surface area contributed by atoms with Crippen molar-refractivity contribution in [1.29, 1.82) is 0 Å². The molecule has 2 rings (SSSR count). The van der Waals surface area contributed by atoms with Crippen LogP contribution in [-0.4, -0.2) is 21.0 Å². The lowest BCUT2D eigenvalue weighted by Gasteiger charge is -2.22. The Balaban J connectivity index is 2.29. The van der Waals surface area contributed by atoms with E-state index in [1.807, 2.05) is 35.4 Å². The zero-order chi connectivity index (χ0) is 17.0. The molecule has 0 radical (unpaired) electrons. The second kappa shape index (κ2) is 6.68. The van der Waals surface area contributed by atoms with E-state index < -0.39 is 17.8 Å². The van der Waals surface area contributed by atoms with Crippen LogP contribution in [0.1, 0.15) is 35.6 Å². The van der Waals surface area contributed by atoms with Crippen molar-refractivity contribution in [2.75, 3.05) is 0 Å². The molecule has 7 heteroatoms. The molecule has 0 aliphatic rings. The molecule has 1 N–H and O–H groups in total. The molecule has 0 aliphatic carbocycles. The highest BCUT2D eigenvalue weighted by Crippen LogP contribution is 2.28. The van der Waals surface area contributed by atoms with Crippen molar-refractivity contribution in [2.45, 2.75) is 26.6 Å². The number of rotatable bonds is 4. The SMILES string of the molecule is C/C=C(/C)N(Cc1ccccc1)C(=O)c1cc(C(F)(F)F)[nH]n1. The Kier molecular flexibility index (Phi) is 4.88. The van der Waals surface area contributed by atoms with Crippen LogP contribution in [0.2, 0.25) is 0 Å². The minimum absolute atomic E-state index is 0.254.